The lowest BCUT2D eigenvalue weighted by atomic mass is 10.2. The minimum atomic E-state index is -4.86. The van der Waals surface area contributed by atoms with Gasteiger partial charge in [0.05, 0.1) is 5.69 Å². The first-order valence-corrected chi connectivity index (χ1v) is 10.9. The van der Waals surface area contributed by atoms with Gasteiger partial charge in [0.1, 0.15) is 4.21 Å². The van der Waals surface area contributed by atoms with Crippen LogP contribution >= 0.6 is 22.7 Å². The SMILES string of the molecule is Cc1cn(-c2ccc3c(c2)OC(F)(F)C(F)(F)O3)/c(=N/S(=O)(=O)c2cccs2)s1. The van der Waals surface area contributed by atoms with Crippen LogP contribution in [0.15, 0.2) is 50.5 Å². The predicted octanol–water partition coefficient (Wildman–Crippen LogP) is 4.16. The number of aryl methyl sites for hydroxylation is 1. The highest BCUT2D eigenvalue weighted by atomic mass is 32.2. The van der Waals surface area contributed by atoms with E-state index in [2.05, 4.69) is 13.9 Å². The van der Waals surface area contributed by atoms with Crippen LogP contribution in [0.25, 0.3) is 5.69 Å². The Morgan fingerprint density at radius 2 is 1.76 bits per heavy atom. The van der Waals surface area contributed by atoms with Crippen LogP contribution in [0.3, 0.4) is 0 Å². The Kier molecular flexibility index (Phi) is 4.51. The Bertz CT molecular complexity index is 1250. The molecular formula is C16H10F4N2O4S3. The van der Waals surface area contributed by atoms with Crippen molar-refractivity contribution in [2.45, 2.75) is 23.4 Å². The molecule has 6 nitrogen and oxygen atoms in total. The molecule has 13 heteroatoms. The molecule has 1 aliphatic heterocycles. The van der Waals surface area contributed by atoms with Crippen molar-refractivity contribution in [1.29, 1.82) is 0 Å². The molecular weight excluding hydrogens is 456 g/mol. The highest BCUT2D eigenvalue weighted by Crippen LogP contribution is 2.47. The number of alkyl halides is 4. The van der Waals surface area contributed by atoms with Gasteiger partial charge in [-0.25, -0.2) is 0 Å². The van der Waals surface area contributed by atoms with Crippen LogP contribution in [0.5, 0.6) is 11.5 Å². The molecule has 1 aromatic carbocycles. The first-order chi connectivity index (χ1) is 13.5. The van der Waals surface area contributed by atoms with Crippen LogP contribution < -0.4 is 14.3 Å². The molecule has 0 radical (unpaired) electrons. The number of ether oxygens (including phenoxy) is 2. The third kappa shape index (κ3) is 3.53. The van der Waals surface area contributed by atoms with Gasteiger partial charge in [-0.15, -0.1) is 27.1 Å². The van der Waals surface area contributed by atoms with Crippen LogP contribution in [0.2, 0.25) is 0 Å². The maximum absolute atomic E-state index is 13.5. The fourth-order valence-electron chi connectivity index (χ4n) is 2.47. The molecule has 0 atom stereocenters. The lowest BCUT2D eigenvalue weighted by Gasteiger charge is -2.31. The average Bonchev–Trinajstić information content (AvgIpc) is 3.25. The van der Waals surface area contributed by atoms with Crippen molar-refractivity contribution < 1.29 is 35.5 Å². The Morgan fingerprint density at radius 1 is 1.07 bits per heavy atom. The van der Waals surface area contributed by atoms with Gasteiger partial charge in [-0.1, -0.05) is 6.07 Å². The zero-order chi connectivity index (χ0) is 21.0. The van der Waals surface area contributed by atoms with Crippen molar-refractivity contribution in [3.8, 4) is 17.2 Å². The van der Waals surface area contributed by atoms with Crippen molar-refractivity contribution in [3.63, 3.8) is 0 Å². The van der Waals surface area contributed by atoms with E-state index in [0.29, 0.717) is 4.88 Å². The lowest BCUT2D eigenvalue weighted by molar-refractivity contribution is -0.391. The summed E-state index contributed by atoms with van der Waals surface area (Å²) in [5, 5.41) is 1.59. The average molecular weight is 466 g/mol. The third-order valence-electron chi connectivity index (χ3n) is 3.74. The maximum Gasteiger partial charge on any atom is 0.507 e. The molecule has 0 aliphatic carbocycles. The normalized spacial score (nSPS) is 18.0. The van der Waals surface area contributed by atoms with Gasteiger partial charge in [0, 0.05) is 17.1 Å². The van der Waals surface area contributed by atoms with Gasteiger partial charge in [-0.05, 0) is 30.5 Å². The van der Waals surface area contributed by atoms with Crippen molar-refractivity contribution in [2.24, 2.45) is 4.40 Å². The van der Waals surface area contributed by atoms with E-state index in [9.17, 15) is 26.0 Å². The molecule has 0 bridgehead atoms. The first kappa shape index (κ1) is 19.9. The molecule has 0 saturated carbocycles. The number of thiazole rings is 1. The second-order valence-electron chi connectivity index (χ2n) is 5.86. The summed E-state index contributed by atoms with van der Waals surface area (Å²) in [7, 11) is -3.98. The smallest absolute Gasteiger partial charge is 0.421 e. The Balaban J connectivity index is 1.82. The van der Waals surface area contributed by atoms with Gasteiger partial charge in [0.25, 0.3) is 10.0 Å². The number of fused-ring (bicyclic) bond motifs is 1. The van der Waals surface area contributed by atoms with Gasteiger partial charge in [0.15, 0.2) is 11.5 Å². The van der Waals surface area contributed by atoms with Gasteiger partial charge in [0.2, 0.25) is 4.80 Å². The van der Waals surface area contributed by atoms with E-state index in [0.717, 1.165) is 34.8 Å². The number of rotatable bonds is 3. The van der Waals surface area contributed by atoms with Crippen molar-refractivity contribution in [1.82, 2.24) is 4.57 Å². The minimum Gasteiger partial charge on any atom is -0.421 e. The predicted molar refractivity (Wildman–Crippen MR) is 96.6 cm³/mol. The molecule has 154 valence electrons. The topological polar surface area (TPSA) is 69.9 Å². The fourth-order valence-corrected chi connectivity index (χ4v) is 5.46. The zero-order valence-corrected chi connectivity index (χ0v) is 16.8. The third-order valence-corrected chi connectivity index (χ3v) is 7.39. The van der Waals surface area contributed by atoms with Gasteiger partial charge >= 0.3 is 12.2 Å². The number of benzene rings is 1. The molecule has 0 fully saturated rings. The van der Waals surface area contributed by atoms with Crippen LogP contribution in [0.4, 0.5) is 17.6 Å². The molecule has 2 aromatic heterocycles. The quantitative estimate of drug-likeness (QED) is 0.544. The number of hydrogen-bond acceptors (Lipinski definition) is 6. The number of halogens is 4. The summed E-state index contributed by atoms with van der Waals surface area (Å²) >= 11 is 2.05. The largest absolute Gasteiger partial charge is 0.507 e. The van der Waals surface area contributed by atoms with Crippen molar-refractivity contribution in [3.05, 3.63) is 51.6 Å². The lowest BCUT2D eigenvalue weighted by Crippen LogP contribution is -2.52. The Hall–Kier alpha value is -2.38. The Morgan fingerprint density at radius 3 is 2.41 bits per heavy atom. The summed E-state index contributed by atoms with van der Waals surface area (Å²) in [5.41, 5.74) is 0.179. The second kappa shape index (κ2) is 6.57. The van der Waals surface area contributed by atoms with E-state index in [4.69, 9.17) is 0 Å². The Labute approximate surface area is 169 Å². The molecule has 3 aromatic rings. The number of aromatic nitrogens is 1. The van der Waals surface area contributed by atoms with Crippen molar-refractivity contribution >= 4 is 32.7 Å². The van der Waals surface area contributed by atoms with E-state index >= 15 is 0 Å². The molecule has 0 unspecified atom stereocenters. The van der Waals surface area contributed by atoms with Crippen LogP contribution in [0, 0.1) is 6.92 Å². The number of hydrogen-bond donors (Lipinski definition) is 0. The molecule has 4 rings (SSSR count). The molecule has 3 heterocycles. The summed E-state index contributed by atoms with van der Waals surface area (Å²) in [4.78, 5) is 0.724. The van der Waals surface area contributed by atoms with Crippen LogP contribution in [-0.2, 0) is 10.0 Å². The highest BCUT2D eigenvalue weighted by molar-refractivity contribution is 7.92. The molecule has 0 saturated heterocycles. The monoisotopic (exact) mass is 466 g/mol. The van der Waals surface area contributed by atoms with Gasteiger partial charge in [-0.2, -0.15) is 26.0 Å². The van der Waals surface area contributed by atoms with E-state index in [1.54, 1.807) is 18.4 Å². The summed E-state index contributed by atoms with van der Waals surface area (Å²) in [5.74, 6) is -1.18. The highest BCUT2D eigenvalue weighted by Gasteiger charge is 2.65. The summed E-state index contributed by atoms with van der Waals surface area (Å²) < 4.78 is 91.8. The summed E-state index contributed by atoms with van der Waals surface area (Å²) in [6.07, 6.45) is -8.14. The molecule has 29 heavy (non-hydrogen) atoms. The molecule has 0 spiro atoms. The molecule has 0 N–H and O–H groups in total. The fraction of sp³-hybridized carbons (Fsp3) is 0.188. The van der Waals surface area contributed by atoms with Crippen LogP contribution in [0.1, 0.15) is 4.88 Å². The first-order valence-electron chi connectivity index (χ1n) is 7.80. The van der Waals surface area contributed by atoms with Crippen LogP contribution in [-0.4, -0.2) is 25.2 Å². The second-order valence-corrected chi connectivity index (χ2v) is 9.85. The zero-order valence-electron chi connectivity index (χ0n) is 14.3. The standard InChI is InChI=1S/C16H10F4N2O4S3/c1-9-8-22(14(28-9)21-29(23,24)13-3-2-6-27-13)10-4-5-11-12(7-10)26-16(19,20)15(17,18)25-11/h2-8H,1H3/b21-14-. The number of nitrogens with zero attached hydrogens (tertiary/aromatic N) is 2. The molecule has 0 amide bonds. The van der Waals surface area contributed by atoms with E-state index < -0.39 is 33.7 Å². The minimum absolute atomic E-state index is 0.0409. The van der Waals surface area contributed by atoms with E-state index in [1.807, 2.05) is 0 Å². The summed E-state index contributed by atoms with van der Waals surface area (Å²) in [6.45, 7) is 1.70. The van der Waals surface area contributed by atoms with Gasteiger partial charge < -0.3 is 9.47 Å². The van der Waals surface area contributed by atoms with Gasteiger partial charge in [-0.3, -0.25) is 4.57 Å². The number of thiophene rings is 1. The summed E-state index contributed by atoms with van der Waals surface area (Å²) in [6, 6.07) is 6.34. The molecule has 1 aliphatic rings. The maximum atomic E-state index is 13.5. The van der Waals surface area contributed by atoms with E-state index in [1.165, 1.54) is 22.9 Å². The number of sulfonamides is 1. The van der Waals surface area contributed by atoms with Crippen molar-refractivity contribution in [2.75, 3.05) is 0 Å². The van der Waals surface area contributed by atoms with E-state index in [-0.39, 0.29) is 14.7 Å².